The molecule has 0 aliphatic rings. The molecule has 0 unspecified atom stereocenters. The molecule has 0 rings (SSSR count). The molecule has 2 N–H and O–H groups in total. The maximum absolute atomic E-state index is 9.87. The van der Waals surface area contributed by atoms with Gasteiger partial charge in [0.1, 0.15) is 4.32 Å². The van der Waals surface area contributed by atoms with Crippen molar-refractivity contribution in [2.45, 2.75) is 4.32 Å². The Hall–Kier alpha value is 0.850. The molecule has 44 valence electrons. The molecular weight excluding hydrogens is 155 g/mol. The molecule has 0 aromatic rings. The predicted octanol–water partition coefficient (Wildman–Crippen LogP) is 0.307. The van der Waals surface area contributed by atoms with E-state index in [2.05, 4.69) is 25.3 Å². The fraction of sp³-hybridized carbons (Fsp3) is 1.00. The van der Waals surface area contributed by atoms with Crippen molar-refractivity contribution in [3.63, 3.8) is 0 Å². The van der Waals surface area contributed by atoms with E-state index in [1.165, 1.54) is 0 Å². The van der Waals surface area contributed by atoms with Crippen LogP contribution in [-0.2, 0) is 4.57 Å². The van der Waals surface area contributed by atoms with E-state index in [9.17, 15) is 4.57 Å². The van der Waals surface area contributed by atoms with Gasteiger partial charge in [-0.15, -0.1) is 0 Å². The Kier molecular flexibility index (Phi) is 2.71. The molecule has 7 heavy (non-hydrogen) atoms. The van der Waals surface area contributed by atoms with Crippen molar-refractivity contribution < 1.29 is 14.4 Å². The molecule has 0 saturated heterocycles. The van der Waals surface area contributed by atoms with Crippen LogP contribution in [0.2, 0.25) is 0 Å². The van der Waals surface area contributed by atoms with Crippen LogP contribution >= 0.6 is 32.9 Å². The van der Waals surface area contributed by atoms with E-state index in [4.69, 9.17) is 9.79 Å². The SMILES string of the molecule is O=P(O)(O)C(S)S. The first-order valence-electron chi connectivity index (χ1n) is 1.36. The third-order valence-corrected chi connectivity index (χ3v) is 2.71. The number of thiol groups is 2. The van der Waals surface area contributed by atoms with Crippen molar-refractivity contribution in [1.29, 1.82) is 0 Å². The molecule has 0 bridgehead atoms. The molecule has 0 atom stereocenters. The van der Waals surface area contributed by atoms with Crippen LogP contribution in [0.15, 0.2) is 0 Å². The van der Waals surface area contributed by atoms with Crippen LogP contribution in [0.4, 0.5) is 0 Å². The summed E-state index contributed by atoms with van der Waals surface area (Å²) in [6.07, 6.45) is 0. The van der Waals surface area contributed by atoms with Gasteiger partial charge in [-0.05, 0) is 0 Å². The molecule has 0 aromatic carbocycles. The Morgan fingerprint density at radius 3 is 1.57 bits per heavy atom. The quantitative estimate of drug-likeness (QED) is 0.253. The van der Waals surface area contributed by atoms with Crippen LogP contribution in [-0.4, -0.2) is 14.1 Å². The molecule has 0 radical (unpaired) electrons. The van der Waals surface area contributed by atoms with Gasteiger partial charge in [0.2, 0.25) is 0 Å². The molecule has 0 saturated carbocycles. The molecule has 0 heterocycles. The largest absolute Gasteiger partial charge is 0.347 e. The molecule has 0 aliphatic heterocycles. The van der Waals surface area contributed by atoms with Crippen LogP contribution in [0, 0.1) is 0 Å². The molecule has 0 aliphatic carbocycles. The van der Waals surface area contributed by atoms with Gasteiger partial charge in [0.05, 0.1) is 0 Å². The zero-order valence-electron chi connectivity index (χ0n) is 3.22. The summed E-state index contributed by atoms with van der Waals surface area (Å²) in [4.78, 5) is 16.1. The number of rotatable bonds is 1. The van der Waals surface area contributed by atoms with Crippen LogP contribution in [0.3, 0.4) is 0 Å². The van der Waals surface area contributed by atoms with E-state index in [1.807, 2.05) is 0 Å². The fourth-order valence-corrected chi connectivity index (χ4v) is 0. The molecule has 6 heteroatoms. The molecule has 0 spiro atoms. The lowest BCUT2D eigenvalue weighted by atomic mass is 11.9. The highest BCUT2D eigenvalue weighted by Gasteiger charge is 2.19. The Morgan fingerprint density at radius 2 is 1.57 bits per heavy atom. The van der Waals surface area contributed by atoms with Gasteiger partial charge in [-0.3, -0.25) is 4.57 Å². The summed E-state index contributed by atoms with van der Waals surface area (Å²) in [5, 5.41) is 0. The first-order valence-corrected chi connectivity index (χ1v) is 4.07. The van der Waals surface area contributed by atoms with E-state index in [0.717, 1.165) is 0 Å². The highest BCUT2D eigenvalue weighted by atomic mass is 32.2. The van der Waals surface area contributed by atoms with E-state index in [0.29, 0.717) is 0 Å². The third-order valence-electron chi connectivity index (χ3n) is 0.301. The first-order chi connectivity index (χ1) is 2.94. The van der Waals surface area contributed by atoms with Gasteiger partial charge in [0.15, 0.2) is 0 Å². The van der Waals surface area contributed by atoms with Gasteiger partial charge in [0.25, 0.3) is 0 Å². The average molecular weight is 160 g/mol. The second-order valence-corrected chi connectivity index (χ2v) is 4.88. The summed E-state index contributed by atoms with van der Waals surface area (Å²) in [6.45, 7) is 0. The predicted molar refractivity (Wildman–Crippen MR) is 33.8 cm³/mol. The Bertz CT molecular complexity index is 95.1. The summed E-state index contributed by atoms with van der Waals surface area (Å²) < 4.78 is 8.73. The van der Waals surface area contributed by atoms with Crippen molar-refractivity contribution >= 4 is 32.9 Å². The molecule has 0 amide bonds. The van der Waals surface area contributed by atoms with Crippen LogP contribution in [0.5, 0.6) is 0 Å². The van der Waals surface area contributed by atoms with Gasteiger partial charge < -0.3 is 9.79 Å². The van der Waals surface area contributed by atoms with Crippen molar-refractivity contribution in [2.75, 3.05) is 0 Å². The van der Waals surface area contributed by atoms with E-state index < -0.39 is 11.9 Å². The van der Waals surface area contributed by atoms with E-state index in [1.54, 1.807) is 0 Å². The second-order valence-electron chi connectivity index (χ2n) is 0.936. The first kappa shape index (κ1) is 7.85. The molecule has 0 fully saturated rings. The summed E-state index contributed by atoms with van der Waals surface area (Å²) in [5.41, 5.74) is 0. The van der Waals surface area contributed by atoms with E-state index >= 15 is 0 Å². The number of hydrogen-bond acceptors (Lipinski definition) is 3. The second kappa shape index (κ2) is 2.42. The van der Waals surface area contributed by atoms with Crippen LogP contribution < -0.4 is 0 Å². The molecular formula is CH5O3PS2. The summed E-state index contributed by atoms with van der Waals surface area (Å²) >= 11 is 6.76. The topological polar surface area (TPSA) is 57.5 Å². The monoisotopic (exact) mass is 160 g/mol. The Morgan fingerprint density at radius 1 is 1.43 bits per heavy atom. The van der Waals surface area contributed by atoms with Gasteiger partial charge in [-0.25, -0.2) is 0 Å². The van der Waals surface area contributed by atoms with Crippen molar-refractivity contribution in [1.82, 2.24) is 0 Å². The zero-order valence-corrected chi connectivity index (χ0v) is 5.90. The Balaban J connectivity index is 3.80. The van der Waals surface area contributed by atoms with Crippen LogP contribution in [0.25, 0.3) is 0 Å². The van der Waals surface area contributed by atoms with Gasteiger partial charge in [-0.1, -0.05) is 0 Å². The number of hydrogen-bond donors (Lipinski definition) is 4. The average Bonchev–Trinajstić information content (AvgIpc) is 1.31. The Labute approximate surface area is 52.1 Å². The van der Waals surface area contributed by atoms with Gasteiger partial charge in [0, 0.05) is 0 Å². The lowest BCUT2D eigenvalue weighted by Gasteiger charge is -2.02. The standard InChI is InChI=1S/CH5O3PS2/c2-5(3,4)1(6)7/h1,6-7H,(H2,2,3,4). The van der Waals surface area contributed by atoms with E-state index in [-0.39, 0.29) is 0 Å². The van der Waals surface area contributed by atoms with Crippen molar-refractivity contribution in [3.8, 4) is 0 Å². The summed E-state index contributed by atoms with van der Waals surface area (Å²) in [7, 11) is -4.01. The van der Waals surface area contributed by atoms with Crippen molar-refractivity contribution in [3.05, 3.63) is 0 Å². The molecule has 0 aromatic heterocycles. The minimum atomic E-state index is -4.01. The van der Waals surface area contributed by atoms with Gasteiger partial charge >= 0.3 is 7.60 Å². The van der Waals surface area contributed by atoms with Crippen LogP contribution in [0.1, 0.15) is 0 Å². The lowest BCUT2D eigenvalue weighted by Crippen LogP contribution is -1.86. The smallest absolute Gasteiger partial charge is 0.323 e. The summed E-state index contributed by atoms with van der Waals surface area (Å²) in [6, 6.07) is 0. The maximum atomic E-state index is 9.87. The minimum Gasteiger partial charge on any atom is -0.323 e. The minimum absolute atomic E-state index is 1.15. The van der Waals surface area contributed by atoms with Crippen molar-refractivity contribution in [2.24, 2.45) is 0 Å². The normalized spacial score (nSPS) is 12.7. The van der Waals surface area contributed by atoms with Gasteiger partial charge in [-0.2, -0.15) is 25.3 Å². The highest BCUT2D eigenvalue weighted by Crippen LogP contribution is 2.44. The highest BCUT2D eigenvalue weighted by molar-refractivity contribution is 8.08. The lowest BCUT2D eigenvalue weighted by molar-refractivity contribution is 0.377. The summed E-state index contributed by atoms with van der Waals surface area (Å²) in [5.74, 6) is 0. The molecule has 3 nitrogen and oxygen atoms in total. The zero-order chi connectivity index (χ0) is 6.08. The maximum Gasteiger partial charge on any atom is 0.347 e. The fourth-order valence-electron chi connectivity index (χ4n) is 0. The third kappa shape index (κ3) is 3.43.